The highest BCUT2D eigenvalue weighted by Gasteiger charge is 2.41. The van der Waals surface area contributed by atoms with Gasteiger partial charge in [-0.25, -0.2) is 0 Å². The number of ether oxygens (including phenoxy) is 1. The molecule has 1 aromatic carbocycles. The van der Waals surface area contributed by atoms with Gasteiger partial charge in [-0.2, -0.15) is 0 Å². The van der Waals surface area contributed by atoms with Crippen molar-refractivity contribution in [1.29, 1.82) is 0 Å². The van der Waals surface area contributed by atoms with Gasteiger partial charge in [-0.3, -0.25) is 4.90 Å². The quantitative estimate of drug-likeness (QED) is 0.752. The fourth-order valence-electron chi connectivity index (χ4n) is 3.21. The zero-order valence-corrected chi connectivity index (χ0v) is 12.0. The number of allylic oxidation sites excluding steroid dienone is 1. The van der Waals surface area contributed by atoms with E-state index in [1.807, 2.05) is 0 Å². The fraction of sp³-hybridized carbons (Fsp3) is 0.529. The van der Waals surface area contributed by atoms with Crippen molar-refractivity contribution >= 4 is 0 Å². The highest BCUT2D eigenvalue weighted by Crippen LogP contribution is 2.43. The van der Waals surface area contributed by atoms with Gasteiger partial charge in [0.25, 0.3) is 0 Å². The molecule has 0 amide bonds. The first kappa shape index (κ1) is 12.9. The fourth-order valence-corrected chi connectivity index (χ4v) is 3.21. The number of likely N-dealkylation sites (tertiary alicyclic amines) is 1. The summed E-state index contributed by atoms with van der Waals surface area (Å²) in [5, 5.41) is 0. The first-order valence-corrected chi connectivity index (χ1v) is 7.28. The van der Waals surface area contributed by atoms with Gasteiger partial charge in [-0.05, 0) is 37.8 Å². The number of rotatable bonds is 2. The van der Waals surface area contributed by atoms with E-state index in [0.29, 0.717) is 0 Å². The lowest BCUT2D eigenvalue weighted by Crippen LogP contribution is -2.42. The van der Waals surface area contributed by atoms with Crippen molar-refractivity contribution in [3.8, 4) is 0 Å². The Labute approximate surface area is 116 Å². The van der Waals surface area contributed by atoms with E-state index in [0.717, 1.165) is 39.1 Å². The maximum Gasteiger partial charge on any atom is 0.0963 e. The summed E-state index contributed by atoms with van der Waals surface area (Å²) in [7, 11) is 0. The average molecular weight is 257 g/mol. The molecule has 2 aliphatic heterocycles. The molecule has 0 atom stereocenters. The van der Waals surface area contributed by atoms with Crippen molar-refractivity contribution < 1.29 is 4.74 Å². The highest BCUT2D eigenvalue weighted by molar-refractivity contribution is 5.35. The molecular weight excluding hydrogens is 234 g/mol. The lowest BCUT2D eigenvalue weighted by Gasteiger charge is -2.39. The van der Waals surface area contributed by atoms with Crippen molar-refractivity contribution in [3.05, 3.63) is 47.0 Å². The summed E-state index contributed by atoms with van der Waals surface area (Å²) < 4.78 is 6.18. The molecule has 0 radical (unpaired) electrons. The summed E-state index contributed by atoms with van der Waals surface area (Å²) >= 11 is 0. The Kier molecular flexibility index (Phi) is 3.46. The molecule has 2 aliphatic rings. The second-order valence-electron chi connectivity index (χ2n) is 6.02. The minimum absolute atomic E-state index is 0.0120. The number of hydrogen-bond acceptors (Lipinski definition) is 2. The smallest absolute Gasteiger partial charge is 0.0963 e. The lowest BCUT2D eigenvalue weighted by molar-refractivity contribution is -0.0773. The van der Waals surface area contributed by atoms with E-state index >= 15 is 0 Å². The van der Waals surface area contributed by atoms with Crippen LogP contribution in [0.2, 0.25) is 0 Å². The van der Waals surface area contributed by atoms with Gasteiger partial charge in [0.1, 0.15) is 0 Å². The summed E-state index contributed by atoms with van der Waals surface area (Å²) in [4.78, 5) is 2.53. The maximum atomic E-state index is 6.18. The number of fused-ring (bicyclic) bond motifs is 2. The zero-order valence-electron chi connectivity index (χ0n) is 12.0. The van der Waals surface area contributed by atoms with Gasteiger partial charge in [0.15, 0.2) is 0 Å². The van der Waals surface area contributed by atoms with Gasteiger partial charge < -0.3 is 4.74 Å². The highest BCUT2D eigenvalue weighted by atomic mass is 16.5. The molecule has 0 aromatic heterocycles. The first-order valence-electron chi connectivity index (χ1n) is 7.28. The third kappa shape index (κ3) is 2.47. The second-order valence-corrected chi connectivity index (χ2v) is 6.02. The Morgan fingerprint density at radius 3 is 2.74 bits per heavy atom. The van der Waals surface area contributed by atoms with E-state index in [1.54, 1.807) is 0 Å². The predicted octanol–water partition coefficient (Wildman–Crippen LogP) is 3.47. The van der Waals surface area contributed by atoms with Crippen LogP contribution in [0.1, 0.15) is 37.8 Å². The summed E-state index contributed by atoms with van der Waals surface area (Å²) in [6.45, 7) is 8.49. The van der Waals surface area contributed by atoms with E-state index < -0.39 is 0 Å². The summed E-state index contributed by atoms with van der Waals surface area (Å²) in [5.74, 6) is 0. The SMILES string of the molecule is CC(C)=CCN1CCC2(CC1)OCc1ccccc12. The van der Waals surface area contributed by atoms with Crippen molar-refractivity contribution in [2.24, 2.45) is 0 Å². The van der Waals surface area contributed by atoms with E-state index in [1.165, 1.54) is 16.7 Å². The third-order valence-electron chi connectivity index (χ3n) is 4.43. The molecule has 1 spiro atoms. The van der Waals surface area contributed by atoms with Crippen LogP contribution in [0.25, 0.3) is 0 Å². The van der Waals surface area contributed by atoms with Crippen molar-refractivity contribution in [3.63, 3.8) is 0 Å². The molecule has 3 rings (SSSR count). The van der Waals surface area contributed by atoms with Gasteiger partial charge in [0, 0.05) is 19.6 Å². The monoisotopic (exact) mass is 257 g/mol. The van der Waals surface area contributed by atoms with Crippen LogP contribution >= 0.6 is 0 Å². The lowest BCUT2D eigenvalue weighted by atomic mass is 9.84. The molecule has 0 unspecified atom stereocenters. The molecule has 0 aliphatic carbocycles. The largest absolute Gasteiger partial charge is 0.365 e. The van der Waals surface area contributed by atoms with Crippen LogP contribution in [-0.4, -0.2) is 24.5 Å². The van der Waals surface area contributed by atoms with Crippen LogP contribution in [0, 0.1) is 0 Å². The Bertz CT molecular complexity index is 480. The maximum absolute atomic E-state index is 6.18. The van der Waals surface area contributed by atoms with Gasteiger partial charge in [-0.1, -0.05) is 35.9 Å². The van der Waals surface area contributed by atoms with Crippen molar-refractivity contribution in [1.82, 2.24) is 4.90 Å². The van der Waals surface area contributed by atoms with Crippen LogP contribution < -0.4 is 0 Å². The number of nitrogens with zero attached hydrogens (tertiary/aromatic N) is 1. The molecule has 1 aromatic rings. The molecule has 19 heavy (non-hydrogen) atoms. The number of hydrogen-bond donors (Lipinski definition) is 0. The predicted molar refractivity (Wildman–Crippen MR) is 78.0 cm³/mol. The van der Waals surface area contributed by atoms with Crippen molar-refractivity contribution in [2.45, 2.75) is 38.9 Å². The van der Waals surface area contributed by atoms with E-state index in [2.05, 4.69) is 49.1 Å². The topological polar surface area (TPSA) is 12.5 Å². The second kappa shape index (κ2) is 5.10. The summed E-state index contributed by atoms with van der Waals surface area (Å²) in [6, 6.07) is 8.73. The van der Waals surface area contributed by atoms with Crippen LogP contribution in [0.5, 0.6) is 0 Å². The minimum atomic E-state index is 0.0120. The van der Waals surface area contributed by atoms with Crippen LogP contribution in [0.15, 0.2) is 35.9 Å². The van der Waals surface area contributed by atoms with Crippen molar-refractivity contribution in [2.75, 3.05) is 19.6 Å². The average Bonchev–Trinajstić information content (AvgIpc) is 2.78. The van der Waals surface area contributed by atoms with E-state index in [4.69, 9.17) is 4.74 Å². The molecule has 0 saturated carbocycles. The van der Waals surface area contributed by atoms with E-state index in [9.17, 15) is 0 Å². The molecule has 0 bridgehead atoms. The third-order valence-corrected chi connectivity index (χ3v) is 4.43. The van der Waals surface area contributed by atoms with Gasteiger partial charge in [0.05, 0.1) is 12.2 Å². The molecule has 1 fully saturated rings. The summed E-state index contributed by atoms with van der Waals surface area (Å²) in [5.41, 5.74) is 4.25. The molecule has 2 nitrogen and oxygen atoms in total. The Morgan fingerprint density at radius 1 is 1.26 bits per heavy atom. The van der Waals surface area contributed by atoms with Crippen LogP contribution in [0.4, 0.5) is 0 Å². The number of piperidine rings is 1. The Balaban J connectivity index is 1.69. The zero-order chi connectivity index (χ0) is 13.3. The standard InChI is InChI=1S/C17H23NO/c1-14(2)7-10-18-11-8-17(9-12-18)16-6-4-3-5-15(16)13-19-17/h3-7H,8-13H2,1-2H3. The minimum Gasteiger partial charge on any atom is -0.365 e. The first-order chi connectivity index (χ1) is 9.20. The summed E-state index contributed by atoms with van der Waals surface area (Å²) in [6.07, 6.45) is 4.57. The van der Waals surface area contributed by atoms with Gasteiger partial charge >= 0.3 is 0 Å². The molecule has 1 saturated heterocycles. The normalized spacial score (nSPS) is 21.4. The van der Waals surface area contributed by atoms with Gasteiger partial charge in [0.2, 0.25) is 0 Å². The Morgan fingerprint density at radius 2 is 2.00 bits per heavy atom. The molecule has 2 heteroatoms. The molecule has 2 heterocycles. The van der Waals surface area contributed by atoms with E-state index in [-0.39, 0.29) is 5.60 Å². The van der Waals surface area contributed by atoms with Crippen LogP contribution in [-0.2, 0) is 16.9 Å². The van der Waals surface area contributed by atoms with Crippen LogP contribution in [0.3, 0.4) is 0 Å². The molecular formula is C17H23NO. The molecule has 0 N–H and O–H groups in total. The number of benzene rings is 1. The van der Waals surface area contributed by atoms with Gasteiger partial charge in [-0.15, -0.1) is 0 Å². The Hall–Kier alpha value is -1.12. The molecule has 102 valence electrons.